The third-order valence-electron chi connectivity index (χ3n) is 4.91. The Morgan fingerprint density at radius 2 is 1.88 bits per heavy atom. The first-order chi connectivity index (χ1) is 15.5. The molecule has 1 aromatic heterocycles. The standard InChI is InChI=1S/C21H25N3O7S2/c1-12-10-24(11-13(2)30-12)33(28,29)16-6-4-5-15(9-16)21(27)31-14(3)19(26)23-20-17(18(22)25)7-8-32-20/h4-9,12-14H,10-11H2,1-3H3,(H2,22,25)(H,23,26)/t12-,13+,14-/m0/s1. The van der Waals surface area contributed by atoms with E-state index in [1.165, 1.54) is 41.6 Å². The average Bonchev–Trinajstić information content (AvgIpc) is 3.21. The lowest BCUT2D eigenvalue weighted by Crippen LogP contribution is -2.48. The van der Waals surface area contributed by atoms with Crippen molar-refractivity contribution in [3.05, 3.63) is 46.8 Å². The maximum Gasteiger partial charge on any atom is 0.338 e. The molecule has 0 spiro atoms. The number of hydrogen-bond donors (Lipinski definition) is 2. The van der Waals surface area contributed by atoms with Crippen molar-refractivity contribution in [1.82, 2.24) is 4.31 Å². The normalized spacial score (nSPS) is 20.1. The molecule has 0 aliphatic carbocycles. The Labute approximate surface area is 195 Å². The average molecular weight is 496 g/mol. The van der Waals surface area contributed by atoms with E-state index in [1.807, 2.05) is 0 Å². The quantitative estimate of drug-likeness (QED) is 0.557. The minimum Gasteiger partial charge on any atom is -0.449 e. The van der Waals surface area contributed by atoms with Gasteiger partial charge in [0, 0.05) is 13.1 Å². The van der Waals surface area contributed by atoms with Gasteiger partial charge in [0.1, 0.15) is 5.00 Å². The third kappa shape index (κ3) is 5.77. The zero-order chi connectivity index (χ0) is 24.3. The number of morpholine rings is 1. The summed E-state index contributed by atoms with van der Waals surface area (Å²) >= 11 is 1.10. The number of nitrogens with two attached hydrogens (primary N) is 1. The van der Waals surface area contributed by atoms with E-state index in [0.29, 0.717) is 0 Å². The van der Waals surface area contributed by atoms with Crippen LogP contribution in [0.25, 0.3) is 0 Å². The largest absolute Gasteiger partial charge is 0.449 e. The predicted molar refractivity (Wildman–Crippen MR) is 122 cm³/mol. The van der Waals surface area contributed by atoms with E-state index in [-0.39, 0.29) is 46.3 Å². The lowest BCUT2D eigenvalue weighted by molar-refractivity contribution is -0.123. The Balaban J connectivity index is 1.70. The van der Waals surface area contributed by atoms with Crippen LogP contribution < -0.4 is 11.1 Å². The van der Waals surface area contributed by atoms with Gasteiger partial charge in [0.05, 0.1) is 28.2 Å². The Morgan fingerprint density at radius 3 is 2.52 bits per heavy atom. The predicted octanol–water partition coefficient (Wildman–Crippen LogP) is 1.83. The summed E-state index contributed by atoms with van der Waals surface area (Å²) in [5.41, 5.74) is 5.39. The topological polar surface area (TPSA) is 145 Å². The van der Waals surface area contributed by atoms with Crippen LogP contribution in [-0.2, 0) is 24.3 Å². The smallest absolute Gasteiger partial charge is 0.338 e. The highest BCUT2D eigenvalue weighted by Crippen LogP contribution is 2.24. The Kier molecular flexibility index (Phi) is 7.52. The molecule has 1 saturated heterocycles. The molecule has 1 aliphatic heterocycles. The number of nitrogens with zero attached hydrogens (tertiary/aromatic N) is 1. The van der Waals surface area contributed by atoms with E-state index in [4.69, 9.17) is 15.2 Å². The number of carbonyl (C=O) groups excluding carboxylic acids is 3. The Bertz CT molecular complexity index is 1150. The number of benzene rings is 1. The van der Waals surface area contributed by atoms with Gasteiger partial charge in [-0.2, -0.15) is 4.31 Å². The van der Waals surface area contributed by atoms with Gasteiger partial charge in [-0.3, -0.25) is 9.59 Å². The molecule has 2 amide bonds. The van der Waals surface area contributed by atoms with Gasteiger partial charge in [0.2, 0.25) is 10.0 Å². The number of carbonyl (C=O) groups is 3. The number of esters is 1. The molecule has 3 atom stereocenters. The van der Waals surface area contributed by atoms with Crippen molar-refractivity contribution in [2.75, 3.05) is 18.4 Å². The van der Waals surface area contributed by atoms with Gasteiger partial charge in [-0.1, -0.05) is 6.07 Å². The summed E-state index contributed by atoms with van der Waals surface area (Å²) in [5.74, 6) is -2.22. The molecule has 0 unspecified atom stereocenters. The van der Waals surface area contributed by atoms with Crippen LogP contribution in [0.5, 0.6) is 0 Å². The Morgan fingerprint density at radius 1 is 1.21 bits per heavy atom. The molecule has 0 radical (unpaired) electrons. The van der Waals surface area contributed by atoms with Crippen LogP contribution in [0.4, 0.5) is 5.00 Å². The van der Waals surface area contributed by atoms with Gasteiger partial charge in [-0.25, -0.2) is 13.2 Å². The summed E-state index contributed by atoms with van der Waals surface area (Å²) in [7, 11) is -3.85. The molecule has 1 aliphatic rings. The molecule has 0 bridgehead atoms. The van der Waals surface area contributed by atoms with E-state index in [2.05, 4.69) is 5.32 Å². The molecule has 0 saturated carbocycles. The van der Waals surface area contributed by atoms with Crippen molar-refractivity contribution in [2.45, 2.75) is 44.0 Å². The van der Waals surface area contributed by atoms with Gasteiger partial charge < -0.3 is 20.5 Å². The molecule has 178 valence electrons. The maximum absolute atomic E-state index is 13.1. The maximum atomic E-state index is 13.1. The number of thiophene rings is 1. The summed E-state index contributed by atoms with van der Waals surface area (Å²) in [5, 5.41) is 4.34. The highest BCUT2D eigenvalue weighted by Gasteiger charge is 2.32. The van der Waals surface area contributed by atoms with Gasteiger partial charge >= 0.3 is 5.97 Å². The van der Waals surface area contributed by atoms with Gasteiger partial charge in [0.25, 0.3) is 11.8 Å². The number of hydrogen-bond acceptors (Lipinski definition) is 8. The van der Waals surface area contributed by atoms with Crippen LogP contribution in [0.3, 0.4) is 0 Å². The molecule has 1 fully saturated rings. The first-order valence-electron chi connectivity index (χ1n) is 10.1. The van der Waals surface area contributed by atoms with Crippen LogP contribution in [0.15, 0.2) is 40.6 Å². The molecular formula is C21H25N3O7S2. The van der Waals surface area contributed by atoms with Crippen molar-refractivity contribution >= 4 is 44.1 Å². The lowest BCUT2D eigenvalue weighted by atomic mass is 10.2. The van der Waals surface area contributed by atoms with Crippen LogP contribution in [0.2, 0.25) is 0 Å². The van der Waals surface area contributed by atoms with E-state index >= 15 is 0 Å². The fraction of sp³-hybridized carbons (Fsp3) is 0.381. The minimum atomic E-state index is -3.85. The number of rotatable bonds is 7. The summed E-state index contributed by atoms with van der Waals surface area (Å²) in [6.45, 7) is 5.35. The van der Waals surface area contributed by atoms with Crippen molar-refractivity contribution in [3.8, 4) is 0 Å². The summed E-state index contributed by atoms with van der Waals surface area (Å²) < 4.78 is 38.2. The highest BCUT2D eigenvalue weighted by atomic mass is 32.2. The molecule has 2 heterocycles. The highest BCUT2D eigenvalue weighted by molar-refractivity contribution is 7.89. The lowest BCUT2D eigenvalue weighted by Gasteiger charge is -2.34. The molecule has 1 aromatic carbocycles. The minimum absolute atomic E-state index is 0.0148. The molecule has 12 heteroatoms. The molecule has 3 N–H and O–H groups in total. The van der Waals surface area contributed by atoms with Crippen molar-refractivity contribution in [1.29, 1.82) is 0 Å². The van der Waals surface area contributed by atoms with E-state index in [1.54, 1.807) is 19.2 Å². The number of ether oxygens (including phenoxy) is 2. The first kappa shape index (κ1) is 24.8. The number of amides is 2. The fourth-order valence-corrected chi connectivity index (χ4v) is 5.79. The summed E-state index contributed by atoms with van der Waals surface area (Å²) in [4.78, 5) is 36.3. The van der Waals surface area contributed by atoms with Crippen LogP contribution in [0.1, 0.15) is 41.5 Å². The van der Waals surface area contributed by atoms with Crippen molar-refractivity contribution in [3.63, 3.8) is 0 Å². The second-order valence-electron chi connectivity index (χ2n) is 7.67. The molecule has 10 nitrogen and oxygen atoms in total. The van der Waals surface area contributed by atoms with E-state index in [9.17, 15) is 22.8 Å². The number of primary amides is 1. The van der Waals surface area contributed by atoms with Crippen LogP contribution in [-0.4, -0.2) is 61.9 Å². The zero-order valence-electron chi connectivity index (χ0n) is 18.3. The summed E-state index contributed by atoms with van der Waals surface area (Å²) in [6.07, 6.45) is -1.72. The monoisotopic (exact) mass is 495 g/mol. The third-order valence-corrected chi connectivity index (χ3v) is 7.57. The number of sulfonamides is 1. The summed E-state index contributed by atoms with van der Waals surface area (Å²) in [6, 6.07) is 6.93. The SMILES string of the molecule is C[C@@H]1CN(S(=O)(=O)c2cccc(C(=O)O[C@@H](C)C(=O)Nc3sccc3C(N)=O)c2)C[C@H](C)O1. The van der Waals surface area contributed by atoms with Crippen molar-refractivity contribution in [2.24, 2.45) is 5.73 Å². The molecule has 2 aromatic rings. The second-order valence-corrected chi connectivity index (χ2v) is 10.5. The zero-order valence-corrected chi connectivity index (χ0v) is 19.9. The van der Waals surface area contributed by atoms with E-state index in [0.717, 1.165) is 11.3 Å². The van der Waals surface area contributed by atoms with Crippen molar-refractivity contribution < 1.29 is 32.3 Å². The van der Waals surface area contributed by atoms with Gasteiger partial charge in [-0.15, -0.1) is 11.3 Å². The van der Waals surface area contributed by atoms with Gasteiger partial charge in [-0.05, 0) is 50.4 Å². The molecular weight excluding hydrogens is 470 g/mol. The van der Waals surface area contributed by atoms with E-state index < -0.39 is 33.9 Å². The number of anilines is 1. The number of nitrogens with one attached hydrogen (secondary N) is 1. The fourth-order valence-electron chi connectivity index (χ4n) is 3.36. The molecule has 33 heavy (non-hydrogen) atoms. The van der Waals surface area contributed by atoms with Gasteiger partial charge in [0.15, 0.2) is 6.10 Å². The Hall–Kier alpha value is -2.80. The van der Waals surface area contributed by atoms with Crippen LogP contribution in [0, 0.1) is 0 Å². The van der Waals surface area contributed by atoms with Crippen LogP contribution >= 0.6 is 11.3 Å². The second kappa shape index (κ2) is 10.00. The molecule has 3 rings (SSSR count). The first-order valence-corrected chi connectivity index (χ1v) is 12.5.